The number of hydrogen-bond donors (Lipinski definition) is 0. The van der Waals surface area contributed by atoms with Gasteiger partial charge in [-0.25, -0.2) is 0 Å². The largest absolute Gasteiger partial charge is 0.435 e. The lowest BCUT2D eigenvalue weighted by Gasteiger charge is -2.03. The monoisotopic (exact) mass is 187 g/mol. The van der Waals surface area contributed by atoms with Crippen LogP contribution in [0.15, 0.2) is 12.1 Å². The zero-order chi connectivity index (χ0) is 9.90. The Labute approximate surface area is 71.8 Å². The average molecular weight is 187 g/mol. The first kappa shape index (κ1) is 9.45. The van der Waals surface area contributed by atoms with Gasteiger partial charge in [0.15, 0.2) is 5.69 Å². The predicted molar refractivity (Wildman–Crippen MR) is 36.4 cm³/mol. The molecule has 0 bridgehead atoms. The molecule has 0 unspecified atom stereocenters. The molecule has 0 atom stereocenters. The Morgan fingerprint density at radius 2 is 2.00 bits per heavy atom. The molecule has 1 heterocycles. The number of aromatic nitrogens is 2. The zero-order valence-corrected chi connectivity index (χ0v) is 6.34. The van der Waals surface area contributed by atoms with Gasteiger partial charge in [-0.15, -0.1) is 5.10 Å². The van der Waals surface area contributed by atoms with Crippen LogP contribution in [0.5, 0.6) is 0 Å². The summed E-state index contributed by atoms with van der Waals surface area (Å²) in [5, 5.41) is 14.4. The lowest BCUT2D eigenvalue weighted by molar-refractivity contribution is -0.141. The van der Waals surface area contributed by atoms with E-state index in [0.717, 1.165) is 12.1 Å². The van der Waals surface area contributed by atoms with E-state index >= 15 is 0 Å². The lowest BCUT2D eigenvalue weighted by atomic mass is 10.3. The van der Waals surface area contributed by atoms with E-state index in [4.69, 9.17) is 5.26 Å². The second-order valence-corrected chi connectivity index (χ2v) is 2.24. The van der Waals surface area contributed by atoms with Crippen LogP contribution in [-0.2, 0) is 12.6 Å². The minimum absolute atomic E-state index is 0.0366. The van der Waals surface area contributed by atoms with Gasteiger partial charge < -0.3 is 0 Å². The molecule has 6 heteroatoms. The fourth-order valence-corrected chi connectivity index (χ4v) is 0.686. The highest BCUT2D eigenvalue weighted by Gasteiger charge is 2.32. The third kappa shape index (κ3) is 2.40. The van der Waals surface area contributed by atoms with Crippen molar-refractivity contribution in [2.45, 2.75) is 12.6 Å². The summed E-state index contributed by atoms with van der Waals surface area (Å²) in [5.74, 6) is 0. The number of nitrogens with zero attached hydrogens (tertiary/aromatic N) is 3. The van der Waals surface area contributed by atoms with E-state index < -0.39 is 11.9 Å². The fourth-order valence-electron chi connectivity index (χ4n) is 0.686. The molecule has 0 saturated heterocycles. The van der Waals surface area contributed by atoms with E-state index in [1.54, 1.807) is 6.07 Å². The van der Waals surface area contributed by atoms with Crippen molar-refractivity contribution in [1.29, 1.82) is 5.26 Å². The Morgan fingerprint density at radius 1 is 1.31 bits per heavy atom. The van der Waals surface area contributed by atoms with Crippen molar-refractivity contribution in [2.75, 3.05) is 0 Å². The molecule has 68 valence electrons. The van der Waals surface area contributed by atoms with Gasteiger partial charge >= 0.3 is 6.18 Å². The first-order chi connectivity index (χ1) is 6.04. The van der Waals surface area contributed by atoms with Crippen LogP contribution in [0.3, 0.4) is 0 Å². The Bertz CT molecular complexity index is 322. The number of alkyl halides is 3. The minimum Gasteiger partial charge on any atom is -0.198 e. The topological polar surface area (TPSA) is 49.6 Å². The first-order valence-electron chi connectivity index (χ1n) is 3.31. The second-order valence-electron chi connectivity index (χ2n) is 2.24. The summed E-state index contributed by atoms with van der Waals surface area (Å²) in [4.78, 5) is 0. The molecule has 13 heavy (non-hydrogen) atoms. The van der Waals surface area contributed by atoms with Gasteiger partial charge in [0.2, 0.25) is 0 Å². The molecule has 1 aromatic heterocycles. The maximum absolute atomic E-state index is 11.9. The van der Waals surface area contributed by atoms with Crippen LogP contribution in [0, 0.1) is 11.3 Å². The van der Waals surface area contributed by atoms with Crippen LogP contribution in [0.1, 0.15) is 11.4 Å². The quantitative estimate of drug-likeness (QED) is 0.670. The molecule has 0 spiro atoms. The molecular formula is C7H4F3N3. The smallest absolute Gasteiger partial charge is 0.198 e. The molecule has 0 aliphatic carbocycles. The summed E-state index contributed by atoms with van der Waals surface area (Å²) in [6, 6.07) is 3.70. The summed E-state index contributed by atoms with van der Waals surface area (Å²) in [5.41, 5.74) is -0.815. The van der Waals surface area contributed by atoms with Gasteiger partial charge in [0.25, 0.3) is 0 Å². The third-order valence-electron chi connectivity index (χ3n) is 1.27. The van der Waals surface area contributed by atoms with Crippen molar-refractivity contribution in [3.8, 4) is 6.07 Å². The van der Waals surface area contributed by atoms with Gasteiger partial charge in [-0.1, -0.05) is 0 Å². The van der Waals surface area contributed by atoms with E-state index in [2.05, 4.69) is 10.2 Å². The molecule has 0 fully saturated rings. The Balaban J connectivity index is 2.89. The summed E-state index contributed by atoms with van der Waals surface area (Å²) in [7, 11) is 0. The van der Waals surface area contributed by atoms with E-state index in [1.807, 2.05) is 0 Å². The van der Waals surface area contributed by atoms with E-state index in [9.17, 15) is 13.2 Å². The van der Waals surface area contributed by atoms with Crippen molar-refractivity contribution in [3.63, 3.8) is 0 Å². The molecular weight excluding hydrogens is 183 g/mol. The molecule has 0 aromatic carbocycles. The highest BCUT2D eigenvalue weighted by atomic mass is 19.4. The highest BCUT2D eigenvalue weighted by molar-refractivity contribution is 5.11. The van der Waals surface area contributed by atoms with Crippen molar-refractivity contribution in [3.05, 3.63) is 23.5 Å². The maximum Gasteiger partial charge on any atom is 0.435 e. The van der Waals surface area contributed by atoms with Crippen LogP contribution < -0.4 is 0 Å². The second kappa shape index (κ2) is 3.39. The molecule has 3 nitrogen and oxygen atoms in total. The Hall–Kier alpha value is -1.64. The molecule has 1 rings (SSSR count). The third-order valence-corrected chi connectivity index (χ3v) is 1.27. The molecule has 0 aliphatic heterocycles. The Kier molecular flexibility index (Phi) is 2.46. The predicted octanol–water partition coefficient (Wildman–Crippen LogP) is 1.56. The van der Waals surface area contributed by atoms with Gasteiger partial charge in [-0.3, -0.25) is 0 Å². The lowest BCUT2D eigenvalue weighted by Crippen LogP contribution is -2.09. The standard InChI is InChI=1S/C7H4F3N3/c8-7(9,10)6-2-1-5(3-4-11)12-13-6/h1-2H,3H2. The number of hydrogen-bond acceptors (Lipinski definition) is 3. The molecule has 0 radical (unpaired) electrons. The van der Waals surface area contributed by atoms with Crippen molar-refractivity contribution < 1.29 is 13.2 Å². The van der Waals surface area contributed by atoms with Crippen LogP contribution in [0.4, 0.5) is 13.2 Å². The Morgan fingerprint density at radius 3 is 2.38 bits per heavy atom. The van der Waals surface area contributed by atoms with Crippen LogP contribution >= 0.6 is 0 Å². The van der Waals surface area contributed by atoms with Gasteiger partial charge in [0.05, 0.1) is 18.2 Å². The molecule has 0 aliphatic rings. The highest BCUT2D eigenvalue weighted by Crippen LogP contribution is 2.26. The van der Waals surface area contributed by atoms with Crippen molar-refractivity contribution >= 4 is 0 Å². The van der Waals surface area contributed by atoms with E-state index in [0.29, 0.717) is 0 Å². The van der Waals surface area contributed by atoms with Gasteiger partial charge in [0.1, 0.15) is 0 Å². The average Bonchev–Trinajstić information content (AvgIpc) is 2.04. The van der Waals surface area contributed by atoms with Gasteiger partial charge in [0, 0.05) is 0 Å². The molecule has 0 saturated carbocycles. The molecule has 0 amide bonds. The van der Waals surface area contributed by atoms with Crippen molar-refractivity contribution in [2.24, 2.45) is 0 Å². The molecule has 1 aromatic rings. The summed E-state index contributed by atoms with van der Waals surface area (Å²) in [6.45, 7) is 0. The number of rotatable bonds is 1. The van der Waals surface area contributed by atoms with Crippen molar-refractivity contribution in [1.82, 2.24) is 10.2 Å². The van der Waals surface area contributed by atoms with Crippen LogP contribution in [0.25, 0.3) is 0 Å². The van der Waals surface area contributed by atoms with E-state index in [1.165, 1.54) is 0 Å². The van der Waals surface area contributed by atoms with E-state index in [-0.39, 0.29) is 12.1 Å². The minimum atomic E-state index is -4.47. The number of nitriles is 1. The first-order valence-corrected chi connectivity index (χ1v) is 3.31. The molecule has 0 N–H and O–H groups in total. The SMILES string of the molecule is N#CCc1ccc(C(F)(F)F)nn1. The van der Waals surface area contributed by atoms with Crippen LogP contribution in [-0.4, -0.2) is 10.2 Å². The normalized spacial score (nSPS) is 10.9. The summed E-state index contributed by atoms with van der Waals surface area (Å²) < 4.78 is 35.8. The maximum atomic E-state index is 11.9. The zero-order valence-electron chi connectivity index (χ0n) is 6.34. The number of halogens is 3. The van der Waals surface area contributed by atoms with Crippen LogP contribution in [0.2, 0.25) is 0 Å². The van der Waals surface area contributed by atoms with Gasteiger partial charge in [-0.2, -0.15) is 23.5 Å². The summed E-state index contributed by atoms with van der Waals surface area (Å²) in [6.07, 6.45) is -4.51. The van der Waals surface area contributed by atoms with Gasteiger partial charge in [-0.05, 0) is 12.1 Å². The summed E-state index contributed by atoms with van der Waals surface area (Å²) >= 11 is 0. The fraction of sp³-hybridized carbons (Fsp3) is 0.286.